The lowest BCUT2D eigenvalue weighted by Crippen LogP contribution is -2.33. The summed E-state index contributed by atoms with van der Waals surface area (Å²) in [5.74, 6) is 0.325. The van der Waals surface area contributed by atoms with Gasteiger partial charge in [-0.15, -0.1) is 0 Å². The fraction of sp³-hybridized carbons (Fsp3) is 0.533. The third-order valence-electron chi connectivity index (χ3n) is 3.36. The van der Waals surface area contributed by atoms with Crippen LogP contribution in [0.5, 0.6) is 0 Å². The van der Waals surface area contributed by atoms with Crippen molar-refractivity contribution < 1.29 is 13.2 Å². The maximum Gasteiger partial charge on any atom is 0.240 e. The van der Waals surface area contributed by atoms with E-state index >= 15 is 0 Å². The Morgan fingerprint density at radius 3 is 2.50 bits per heavy atom. The quantitative estimate of drug-likeness (QED) is 0.787. The second-order valence-corrected chi connectivity index (χ2v) is 7.07. The van der Waals surface area contributed by atoms with Gasteiger partial charge < -0.3 is 0 Å². The third kappa shape index (κ3) is 4.72. The van der Waals surface area contributed by atoms with E-state index in [0.717, 1.165) is 12.8 Å². The second-order valence-electron chi connectivity index (χ2n) is 5.36. The van der Waals surface area contributed by atoms with Gasteiger partial charge in [0, 0.05) is 11.6 Å². The highest BCUT2D eigenvalue weighted by molar-refractivity contribution is 7.89. The highest BCUT2D eigenvalue weighted by Crippen LogP contribution is 2.15. The average Bonchev–Trinajstić information content (AvgIpc) is 2.37. The molecule has 0 aliphatic heterocycles. The monoisotopic (exact) mass is 297 g/mol. The summed E-state index contributed by atoms with van der Waals surface area (Å²) in [6, 6.07) is 6.00. The molecule has 4 nitrogen and oxygen atoms in total. The maximum atomic E-state index is 12.3. The number of ketones is 1. The molecule has 1 aromatic rings. The van der Waals surface area contributed by atoms with E-state index in [1.54, 1.807) is 12.1 Å². The molecule has 0 spiro atoms. The highest BCUT2D eigenvalue weighted by Gasteiger charge is 2.19. The van der Waals surface area contributed by atoms with Gasteiger partial charge in [0.25, 0.3) is 0 Å². The Kier molecular flexibility index (Phi) is 5.89. The molecular formula is C15H23NO3S. The number of carbonyl (C=O) groups is 1. The number of hydrogen-bond donors (Lipinski definition) is 1. The Bertz CT molecular complexity index is 566. The minimum Gasteiger partial charge on any atom is -0.295 e. The summed E-state index contributed by atoms with van der Waals surface area (Å²) in [7, 11) is -3.57. The van der Waals surface area contributed by atoms with Gasteiger partial charge in [-0.2, -0.15) is 0 Å². The molecule has 112 valence electrons. The van der Waals surface area contributed by atoms with Gasteiger partial charge in [0.15, 0.2) is 5.78 Å². The van der Waals surface area contributed by atoms with Crippen molar-refractivity contribution >= 4 is 15.8 Å². The van der Waals surface area contributed by atoms with Crippen molar-refractivity contribution in [1.82, 2.24) is 4.72 Å². The lowest BCUT2D eigenvalue weighted by molar-refractivity contribution is 0.101. The van der Waals surface area contributed by atoms with Crippen LogP contribution in [0.3, 0.4) is 0 Å². The molecule has 0 aliphatic rings. The molecule has 1 aromatic carbocycles. The fourth-order valence-corrected chi connectivity index (χ4v) is 3.34. The molecular weight excluding hydrogens is 274 g/mol. The average molecular weight is 297 g/mol. The van der Waals surface area contributed by atoms with Gasteiger partial charge in [0.1, 0.15) is 0 Å². The Balaban J connectivity index is 2.88. The fourth-order valence-electron chi connectivity index (χ4n) is 2.03. The predicted molar refractivity (Wildman–Crippen MR) is 80.3 cm³/mol. The summed E-state index contributed by atoms with van der Waals surface area (Å²) in [6.07, 6.45) is 1.81. The van der Waals surface area contributed by atoms with E-state index in [1.165, 1.54) is 19.1 Å². The minimum atomic E-state index is -3.57. The molecule has 0 amide bonds. The van der Waals surface area contributed by atoms with Crippen LogP contribution in [0.1, 0.15) is 50.9 Å². The van der Waals surface area contributed by atoms with Crippen LogP contribution in [0.4, 0.5) is 0 Å². The van der Waals surface area contributed by atoms with Crippen molar-refractivity contribution in [3.63, 3.8) is 0 Å². The summed E-state index contributed by atoms with van der Waals surface area (Å²) < 4.78 is 27.2. The van der Waals surface area contributed by atoms with Crippen molar-refractivity contribution in [1.29, 1.82) is 0 Å². The number of carbonyl (C=O) groups excluding carboxylic acids is 1. The molecule has 0 aromatic heterocycles. The third-order valence-corrected chi connectivity index (χ3v) is 4.95. The first-order valence-electron chi connectivity index (χ1n) is 6.89. The Hall–Kier alpha value is -1.20. The van der Waals surface area contributed by atoms with Gasteiger partial charge in [0.05, 0.1) is 4.90 Å². The molecule has 2 unspecified atom stereocenters. The summed E-state index contributed by atoms with van der Waals surface area (Å²) in [6.45, 7) is 7.46. The zero-order chi connectivity index (χ0) is 15.3. The van der Waals surface area contributed by atoms with Crippen LogP contribution in [-0.4, -0.2) is 20.2 Å². The van der Waals surface area contributed by atoms with E-state index in [4.69, 9.17) is 0 Å². The molecule has 1 rings (SSSR count). The molecule has 5 heteroatoms. The molecule has 0 fully saturated rings. The van der Waals surface area contributed by atoms with Crippen LogP contribution in [0.25, 0.3) is 0 Å². The van der Waals surface area contributed by atoms with Gasteiger partial charge in [-0.3, -0.25) is 4.79 Å². The minimum absolute atomic E-state index is 0.129. The summed E-state index contributed by atoms with van der Waals surface area (Å²) in [5.41, 5.74) is 0.405. The molecule has 0 saturated heterocycles. The van der Waals surface area contributed by atoms with Crippen molar-refractivity contribution in [2.45, 2.75) is 51.5 Å². The smallest absolute Gasteiger partial charge is 0.240 e. The van der Waals surface area contributed by atoms with E-state index in [2.05, 4.69) is 18.6 Å². The lowest BCUT2D eigenvalue weighted by Gasteiger charge is -2.17. The highest BCUT2D eigenvalue weighted by atomic mass is 32.2. The Morgan fingerprint density at radius 1 is 1.30 bits per heavy atom. The Labute approximate surface area is 121 Å². The number of benzene rings is 1. The number of sulfonamides is 1. The number of hydrogen-bond acceptors (Lipinski definition) is 3. The molecule has 0 bridgehead atoms. The Morgan fingerprint density at radius 2 is 1.95 bits per heavy atom. The van der Waals surface area contributed by atoms with Gasteiger partial charge in [-0.05, 0) is 38.3 Å². The van der Waals surface area contributed by atoms with Crippen LogP contribution >= 0.6 is 0 Å². The summed E-state index contributed by atoms with van der Waals surface area (Å²) in [4.78, 5) is 11.5. The second kappa shape index (κ2) is 6.99. The number of rotatable bonds is 7. The molecule has 2 atom stereocenters. The van der Waals surface area contributed by atoms with E-state index in [1.807, 2.05) is 6.92 Å². The van der Waals surface area contributed by atoms with Gasteiger partial charge in [0.2, 0.25) is 10.0 Å². The molecule has 0 heterocycles. The SMILES string of the molecule is CCC(C)CC(C)NS(=O)(=O)c1cccc(C(C)=O)c1. The zero-order valence-electron chi connectivity index (χ0n) is 12.5. The van der Waals surface area contributed by atoms with Gasteiger partial charge in [-0.1, -0.05) is 32.4 Å². The molecule has 0 radical (unpaired) electrons. The number of Topliss-reactive ketones (excluding diaryl/α,β-unsaturated/α-hetero) is 1. The maximum absolute atomic E-state index is 12.3. The summed E-state index contributed by atoms with van der Waals surface area (Å²) >= 11 is 0. The normalized spacial score (nSPS) is 14.8. The molecule has 1 N–H and O–H groups in total. The molecule has 20 heavy (non-hydrogen) atoms. The van der Waals surface area contributed by atoms with Crippen molar-refractivity contribution in [2.24, 2.45) is 5.92 Å². The first-order chi connectivity index (χ1) is 9.26. The standard InChI is InChI=1S/C15H23NO3S/c1-5-11(2)9-12(3)16-20(18,19)15-8-6-7-14(10-15)13(4)17/h6-8,10-12,16H,5,9H2,1-4H3. The predicted octanol–water partition coefficient (Wildman–Crippen LogP) is 2.99. The van der Waals surface area contributed by atoms with E-state index in [9.17, 15) is 13.2 Å². The van der Waals surface area contributed by atoms with Crippen molar-refractivity contribution in [3.05, 3.63) is 29.8 Å². The van der Waals surface area contributed by atoms with Crippen molar-refractivity contribution in [3.8, 4) is 0 Å². The lowest BCUT2D eigenvalue weighted by atomic mass is 10.0. The van der Waals surface area contributed by atoms with Crippen LogP contribution < -0.4 is 4.72 Å². The molecule has 0 aliphatic carbocycles. The van der Waals surface area contributed by atoms with Gasteiger partial charge in [-0.25, -0.2) is 13.1 Å². The van der Waals surface area contributed by atoms with Crippen molar-refractivity contribution in [2.75, 3.05) is 0 Å². The van der Waals surface area contributed by atoms with E-state index in [-0.39, 0.29) is 16.7 Å². The largest absolute Gasteiger partial charge is 0.295 e. The van der Waals surface area contributed by atoms with E-state index < -0.39 is 10.0 Å². The topological polar surface area (TPSA) is 63.2 Å². The van der Waals surface area contributed by atoms with Gasteiger partial charge >= 0.3 is 0 Å². The van der Waals surface area contributed by atoms with Crippen LogP contribution in [-0.2, 0) is 10.0 Å². The van der Waals surface area contributed by atoms with Crippen LogP contribution in [0.2, 0.25) is 0 Å². The van der Waals surface area contributed by atoms with Crippen LogP contribution in [0, 0.1) is 5.92 Å². The van der Waals surface area contributed by atoms with Crippen LogP contribution in [0.15, 0.2) is 29.2 Å². The summed E-state index contributed by atoms with van der Waals surface area (Å²) in [5, 5.41) is 0. The zero-order valence-corrected chi connectivity index (χ0v) is 13.3. The molecule has 0 saturated carbocycles. The first kappa shape index (κ1) is 16.9. The van der Waals surface area contributed by atoms with E-state index in [0.29, 0.717) is 11.5 Å². The number of nitrogens with one attached hydrogen (secondary N) is 1. The first-order valence-corrected chi connectivity index (χ1v) is 8.38.